The van der Waals surface area contributed by atoms with E-state index in [-0.39, 0.29) is 25.4 Å². The topological polar surface area (TPSA) is 71.1 Å². The molecule has 0 aromatic heterocycles. The first-order chi connectivity index (χ1) is 11.4. The number of carbonyl (C=O) groups excluding carboxylic acids is 2. The van der Waals surface area contributed by atoms with E-state index in [0.717, 1.165) is 0 Å². The van der Waals surface area contributed by atoms with Crippen LogP contribution in [0.2, 0.25) is 0 Å². The SMILES string of the molecule is C=C(C)C(=O)OCCOCC(OC(=O)C(=C)C)Oc1ccccc1. The summed E-state index contributed by atoms with van der Waals surface area (Å²) in [7, 11) is 0. The molecule has 6 heteroatoms. The Labute approximate surface area is 141 Å². The minimum atomic E-state index is -0.937. The Bertz CT molecular complexity index is 578. The summed E-state index contributed by atoms with van der Waals surface area (Å²) in [4.78, 5) is 22.9. The van der Waals surface area contributed by atoms with Crippen LogP contribution in [0.15, 0.2) is 54.6 Å². The van der Waals surface area contributed by atoms with E-state index in [9.17, 15) is 9.59 Å². The van der Waals surface area contributed by atoms with E-state index in [1.54, 1.807) is 38.1 Å². The molecule has 0 spiro atoms. The maximum absolute atomic E-state index is 11.7. The lowest BCUT2D eigenvalue weighted by Gasteiger charge is -2.19. The van der Waals surface area contributed by atoms with Crippen LogP contribution in [0.1, 0.15) is 13.8 Å². The highest BCUT2D eigenvalue weighted by Gasteiger charge is 2.17. The van der Waals surface area contributed by atoms with Crippen molar-refractivity contribution in [3.63, 3.8) is 0 Å². The molecule has 0 fully saturated rings. The highest BCUT2D eigenvalue weighted by Crippen LogP contribution is 2.12. The molecular weight excluding hydrogens is 312 g/mol. The predicted octanol–water partition coefficient (Wildman–Crippen LogP) is 2.65. The van der Waals surface area contributed by atoms with Crippen LogP contribution in [0.5, 0.6) is 5.75 Å². The Morgan fingerprint density at radius 1 is 1.00 bits per heavy atom. The molecule has 1 unspecified atom stereocenters. The van der Waals surface area contributed by atoms with Crippen molar-refractivity contribution in [1.29, 1.82) is 0 Å². The average molecular weight is 334 g/mol. The molecule has 1 rings (SSSR count). The molecule has 0 N–H and O–H groups in total. The van der Waals surface area contributed by atoms with Crippen molar-refractivity contribution in [3.8, 4) is 5.75 Å². The lowest BCUT2D eigenvalue weighted by Crippen LogP contribution is -2.30. The van der Waals surface area contributed by atoms with Gasteiger partial charge >= 0.3 is 11.9 Å². The van der Waals surface area contributed by atoms with Crippen molar-refractivity contribution in [1.82, 2.24) is 0 Å². The van der Waals surface area contributed by atoms with Crippen LogP contribution in [0.25, 0.3) is 0 Å². The van der Waals surface area contributed by atoms with Crippen molar-refractivity contribution < 1.29 is 28.5 Å². The predicted molar refractivity (Wildman–Crippen MR) is 88.4 cm³/mol. The normalized spacial score (nSPS) is 11.2. The summed E-state index contributed by atoms with van der Waals surface area (Å²) < 4.78 is 21.0. The van der Waals surface area contributed by atoms with E-state index in [1.165, 1.54) is 0 Å². The van der Waals surface area contributed by atoms with Gasteiger partial charge in [-0.1, -0.05) is 31.4 Å². The molecule has 0 bridgehead atoms. The van der Waals surface area contributed by atoms with E-state index < -0.39 is 18.2 Å². The molecule has 0 aliphatic heterocycles. The third-order valence-corrected chi connectivity index (χ3v) is 2.66. The quantitative estimate of drug-likeness (QED) is 0.283. The molecule has 0 amide bonds. The van der Waals surface area contributed by atoms with Gasteiger partial charge in [0.2, 0.25) is 0 Å². The summed E-state index contributed by atoms with van der Waals surface area (Å²) in [5, 5.41) is 0. The van der Waals surface area contributed by atoms with Crippen molar-refractivity contribution in [2.75, 3.05) is 19.8 Å². The summed E-state index contributed by atoms with van der Waals surface area (Å²) >= 11 is 0. The molecule has 0 heterocycles. The van der Waals surface area contributed by atoms with Gasteiger partial charge in [0.25, 0.3) is 6.29 Å². The summed E-state index contributed by atoms with van der Waals surface area (Å²) in [6.45, 7) is 10.3. The zero-order chi connectivity index (χ0) is 17.9. The molecule has 1 aromatic carbocycles. The van der Waals surface area contributed by atoms with Crippen LogP contribution in [0.4, 0.5) is 0 Å². The van der Waals surface area contributed by atoms with Gasteiger partial charge in [-0.3, -0.25) is 0 Å². The smallest absolute Gasteiger partial charge is 0.336 e. The number of hydrogen-bond donors (Lipinski definition) is 0. The summed E-state index contributed by atoms with van der Waals surface area (Å²) in [6, 6.07) is 8.90. The van der Waals surface area contributed by atoms with Gasteiger partial charge in [0.15, 0.2) is 0 Å². The molecule has 24 heavy (non-hydrogen) atoms. The Kier molecular flexibility index (Phi) is 8.29. The number of benzene rings is 1. The minimum Gasteiger partial charge on any atom is -0.460 e. The zero-order valence-corrected chi connectivity index (χ0v) is 13.9. The van der Waals surface area contributed by atoms with Gasteiger partial charge in [0.05, 0.1) is 6.61 Å². The highest BCUT2D eigenvalue weighted by molar-refractivity contribution is 5.87. The highest BCUT2D eigenvalue weighted by atomic mass is 16.7. The zero-order valence-electron chi connectivity index (χ0n) is 13.9. The molecule has 1 aromatic rings. The number of para-hydroxylation sites is 1. The Morgan fingerprint density at radius 3 is 2.21 bits per heavy atom. The molecular formula is C18H22O6. The largest absolute Gasteiger partial charge is 0.460 e. The van der Waals surface area contributed by atoms with Crippen LogP contribution >= 0.6 is 0 Å². The van der Waals surface area contributed by atoms with Crippen LogP contribution < -0.4 is 4.74 Å². The monoisotopic (exact) mass is 334 g/mol. The molecule has 0 aliphatic rings. The Balaban J connectivity index is 2.46. The van der Waals surface area contributed by atoms with E-state index in [2.05, 4.69) is 13.2 Å². The van der Waals surface area contributed by atoms with Crippen LogP contribution in [-0.4, -0.2) is 38.0 Å². The van der Waals surface area contributed by atoms with E-state index >= 15 is 0 Å². The Hall–Kier alpha value is -2.60. The molecule has 6 nitrogen and oxygen atoms in total. The molecule has 130 valence electrons. The molecule has 0 saturated heterocycles. The lowest BCUT2D eigenvalue weighted by atomic mass is 10.3. The second-order valence-electron chi connectivity index (χ2n) is 5.04. The number of rotatable bonds is 10. The molecule has 0 aliphatic carbocycles. The van der Waals surface area contributed by atoms with E-state index in [1.807, 2.05) is 6.07 Å². The van der Waals surface area contributed by atoms with Gasteiger partial charge in [0.1, 0.15) is 19.0 Å². The second-order valence-corrected chi connectivity index (χ2v) is 5.04. The van der Waals surface area contributed by atoms with Crippen molar-refractivity contribution in [2.45, 2.75) is 20.1 Å². The molecule has 0 saturated carbocycles. The summed E-state index contributed by atoms with van der Waals surface area (Å²) in [5.41, 5.74) is 0.572. The maximum Gasteiger partial charge on any atom is 0.336 e. The van der Waals surface area contributed by atoms with Crippen molar-refractivity contribution in [3.05, 3.63) is 54.6 Å². The molecule has 0 radical (unpaired) electrons. The lowest BCUT2D eigenvalue weighted by molar-refractivity contribution is -0.167. The average Bonchev–Trinajstić information content (AvgIpc) is 2.54. The first kappa shape index (κ1) is 19.4. The summed E-state index contributed by atoms with van der Waals surface area (Å²) in [6.07, 6.45) is -0.937. The fraction of sp³-hybridized carbons (Fsp3) is 0.333. The van der Waals surface area contributed by atoms with Crippen molar-refractivity contribution in [2.24, 2.45) is 0 Å². The number of esters is 2. The maximum atomic E-state index is 11.7. The number of ether oxygens (including phenoxy) is 4. The number of hydrogen-bond acceptors (Lipinski definition) is 6. The van der Waals surface area contributed by atoms with Gasteiger partial charge in [-0.2, -0.15) is 0 Å². The van der Waals surface area contributed by atoms with Gasteiger partial charge in [-0.15, -0.1) is 0 Å². The van der Waals surface area contributed by atoms with E-state index in [0.29, 0.717) is 11.3 Å². The Morgan fingerprint density at radius 2 is 1.62 bits per heavy atom. The van der Waals surface area contributed by atoms with Gasteiger partial charge in [-0.05, 0) is 26.0 Å². The fourth-order valence-electron chi connectivity index (χ4n) is 1.46. The van der Waals surface area contributed by atoms with Crippen LogP contribution in [-0.2, 0) is 23.8 Å². The standard InChI is InChI=1S/C18H22O6/c1-13(2)17(19)22-11-10-21-12-16(24-18(20)14(3)4)23-15-8-6-5-7-9-15/h5-9,16H,1,3,10-12H2,2,4H3. The van der Waals surface area contributed by atoms with Gasteiger partial charge < -0.3 is 18.9 Å². The van der Waals surface area contributed by atoms with Gasteiger partial charge in [-0.25, -0.2) is 9.59 Å². The second kappa shape index (κ2) is 10.2. The number of carbonyl (C=O) groups is 2. The third-order valence-electron chi connectivity index (χ3n) is 2.66. The minimum absolute atomic E-state index is 0.0153. The first-order valence-electron chi connectivity index (χ1n) is 7.38. The van der Waals surface area contributed by atoms with Crippen LogP contribution in [0.3, 0.4) is 0 Å². The van der Waals surface area contributed by atoms with Crippen molar-refractivity contribution >= 4 is 11.9 Å². The van der Waals surface area contributed by atoms with Crippen LogP contribution in [0, 0.1) is 0 Å². The molecule has 1 atom stereocenters. The fourth-order valence-corrected chi connectivity index (χ4v) is 1.46. The third kappa shape index (κ3) is 7.60. The van der Waals surface area contributed by atoms with Gasteiger partial charge in [0, 0.05) is 11.1 Å². The summed E-state index contributed by atoms with van der Waals surface area (Å²) in [5.74, 6) is -0.521. The van der Waals surface area contributed by atoms with E-state index in [4.69, 9.17) is 18.9 Å². The first-order valence-corrected chi connectivity index (χ1v) is 7.38.